The van der Waals surface area contributed by atoms with Gasteiger partial charge in [0.1, 0.15) is 11.2 Å². The molecule has 5 aromatic rings. The third kappa shape index (κ3) is 2.43. The zero-order chi connectivity index (χ0) is 20.4. The van der Waals surface area contributed by atoms with E-state index in [1.165, 1.54) is 18.6 Å². The van der Waals surface area contributed by atoms with E-state index in [1.54, 1.807) is 16.9 Å². The number of benzene rings is 1. The van der Waals surface area contributed by atoms with Crippen molar-refractivity contribution < 1.29 is 4.42 Å². The Balaban J connectivity index is 1.78. The van der Waals surface area contributed by atoms with E-state index in [2.05, 4.69) is 15.2 Å². The van der Waals surface area contributed by atoms with Crippen molar-refractivity contribution in [3.8, 4) is 11.1 Å². The first-order valence-electron chi connectivity index (χ1n) is 10.3. The number of rotatable bonds is 2. The van der Waals surface area contributed by atoms with Crippen molar-refractivity contribution in [2.24, 2.45) is 7.05 Å². The fourth-order valence-electron chi connectivity index (χ4n) is 4.85. The Morgan fingerprint density at radius 3 is 2.77 bits per heavy atom. The van der Waals surface area contributed by atoms with E-state index >= 15 is 0 Å². The maximum Gasteiger partial charge on any atom is 0.274 e. The number of furan rings is 1. The highest BCUT2D eigenvalue weighted by Gasteiger charge is 2.25. The third-order valence-corrected chi connectivity index (χ3v) is 6.24. The highest BCUT2D eigenvalue weighted by molar-refractivity contribution is 6.14. The van der Waals surface area contributed by atoms with Crippen LogP contribution in [-0.4, -0.2) is 24.5 Å². The predicted molar refractivity (Wildman–Crippen MR) is 115 cm³/mol. The van der Waals surface area contributed by atoms with Gasteiger partial charge in [0.05, 0.1) is 23.1 Å². The Labute approximate surface area is 170 Å². The second-order valence-corrected chi connectivity index (χ2v) is 8.19. The highest BCUT2D eigenvalue weighted by Crippen LogP contribution is 2.39. The Bertz CT molecular complexity index is 1540. The summed E-state index contributed by atoms with van der Waals surface area (Å²) in [7, 11) is 1.84. The number of nitrogens with zero attached hydrogens (tertiary/aromatic N) is 3. The molecule has 1 fully saturated rings. The summed E-state index contributed by atoms with van der Waals surface area (Å²) < 4.78 is 9.82. The molecule has 30 heavy (non-hydrogen) atoms. The van der Waals surface area contributed by atoms with Crippen LogP contribution in [0.25, 0.3) is 44.2 Å². The molecular weight excluding hydrogens is 382 g/mol. The third-order valence-electron chi connectivity index (χ3n) is 6.24. The van der Waals surface area contributed by atoms with Gasteiger partial charge in [0.25, 0.3) is 5.56 Å². The predicted octanol–water partition coefficient (Wildman–Crippen LogP) is 3.82. The van der Waals surface area contributed by atoms with Gasteiger partial charge in [0.2, 0.25) is 0 Å². The fraction of sp³-hybridized carbons (Fsp3) is 0.318. The molecule has 0 unspecified atom stereocenters. The lowest BCUT2D eigenvalue weighted by atomic mass is 9.95. The number of hydrogen-bond donors (Lipinski definition) is 2. The minimum absolute atomic E-state index is 0.112. The van der Waals surface area contributed by atoms with Gasteiger partial charge >= 0.3 is 0 Å². The molecule has 1 aliphatic carbocycles. The van der Waals surface area contributed by atoms with Crippen LogP contribution in [-0.2, 0) is 7.05 Å². The first-order valence-corrected chi connectivity index (χ1v) is 10.3. The van der Waals surface area contributed by atoms with Crippen LogP contribution in [0.4, 0.5) is 0 Å². The number of H-pyrrole nitrogens is 2. The van der Waals surface area contributed by atoms with Gasteiger partial charge in [-0.25, -0.2) is 0 Å². The molecule has 0 atom stereocenters. The standard InChI is InChI=1S/C22H21N5O3/c1-26-11-12(10-23-26)17-18-21(27(25-22(18)29)13-5-3-2-4-6-13)24-19-15-8-7-14(28)9-16(15)30-20(17)19/h7-11,13,24H,2-6H2,1H3,(H,25,29). The van der Waals surface area contributed by atoms with Crippen LogP contribution in [0.2, 0.25) is 0 Å². The van der Waals surface area contributed by atoms with Gasteiger partial charge in [0, 0.05) is 35.8 Å². The second-order valence-electron chi connectivity index (χ2n) is 8.19. The summed E-state index contributed by atoms with van der Waals surface area (Å²) in [6, 6.07) is 5.05. The Kier molecular flexibility index (Phi) is 3.59. The molecule has 2 N–H and O–H groups in total. The summed E-state index contributed by atoms with van der Waals surface area (Å²) in [6.45, 7) is 0. The van der Waals surface area contributed by atoms with Crippen LogP contribution < -0.4 is 11.0 Å². The van der Waals surface area contributed by atoms with Crippen molar-refractivity contribution in [2.75, 3.05) is 0 Å². The van der Waals surface area contributed by atoms with Crippen molar-refractivity contribution in [3.05, 3.63) is 51.2 Å². The maximum absolute atomic E-state index is 13.1. The van der Waals surface area contributed by atoms with Crippen LogP contribution in [0.5, 0.6) is 0 Å². The largest absolute Gasteiger partial charge is 0.454 e. The quantitative estimate of drug-likeness (QED) is 0.468. The molecule has 0 saturated heterocycles. The second kappa shape index (κ2) is 6.22. The molecule has 0 amide bonds. The van der Waals surface area contributed by atoms with E-state index in [1.807, 2.05) is 17.9 Å². The van der Waals surface area contributed by atoms with E-state index in [0.717, 1.165) is 47.8 Å². The van der Waals surface area contributed by atoms with Crippen LogP contribution in [0.3, 0.4) is 0 Å². The molecule has 6 rings (SSSR count). The first-order chi connectivity index (χ1) is 14.6. The summed E-state index contributed by atoms with van der Waals surface area (Å²) in [5, 5.41) is 8.75. The monoisotopic (exact) mass is 403 g/mol. The zero-order valence-electron chi connectivity index (χ0n) is 16.6. The molecule has 0 aliphatic heterocycles. The van der Waals surface area contributed by atoms with Gasteiger partial charge in [0.15, 0.2) is 11.0 Å². The summed E-state index contributed by atoms with van der Waals surface area (Å²) in [4.78, 5) is 28.5. The molecule has 1 saturated carbocycles. The number of fused-ring (bicyclic) bond motifs is 4. The number of pyridine rings is 1. The van der Waals surface area contributed by atoms with Gasteiger partial charge in [-0.1, -0.05) is 19.3 Å². The molecule has 8 nitrogen and oxygen atoms in total. The van der Waals surface area contributed by atoms with Gasteiger partial charge in [-0.15, -0.1) is 0 Å². The number of aromatic amines is 2. The molecule has 0 radical (unpaired) electrons. The molecule has 1 aromatic carbocycles. The minimum Gasteiger partial charge on any atom is -0.454 e. The molecule has 0 spiro atoms. The van der Waals surface area contributed by atoms with Gasteiger partial charge in [-0.2, -0.15) is 5.10 Å². The summed E-state index contributed by atoms with van der Waals surface area (Å²) in [6.07, 6.45) is 9.24. The van der Waals surface area contributed by atoms with Crippen molar-refractivity contribution in [2.45, 2.75) is 38.1 Å². The number of hydrogen-bond acceptors (Lipinski definition) is 4. The van der Waals surface area contributed by atoms with Crippen molar-refractivity contribution in [1.29, 1.82) is 0 Å². The summed E-state index contributed by atoms with van der Waals surface area (Å²) >= 11 is 0. The first kappa shape index (κ1) is 17.3. The SMILES string of the molecule is Cn1cc(-c2c3oc4cc(=O)ccc4c3[nH]c3c2c(=O)[nH]n3C2CCCCC2)cn1. The smallest absolute Gasteiger partial charge is 0.274 e. The topological polar surface area (TPSA) is 102 Å². The van der Waals surface area contributed by atoms with E-state index in [0.29, 0.717) is 22.1 Å². The number of aryl methyl sites for hydroxylation is 1. The van der Waals surface area contributed by atoms with Crippen molar-refractivity contribution in [3.63, 3.8) is 0 Å². The molecule has 4 aromatic heterocycles. The van der Waals surface area contributed by atoms with E-state index in [4.69, 9.17) is 4.42 Å². The van der Waals surface area contributed by atoms with Gasteiger partial charge in [-0.05, 0) is 25.0 Å². The van der Waals surface area contributed by atoms with Crippen LogP contribution in [0.1, 0.15) is 38.1 Å². The molecule has 0 bridgehead atoms. The lowest BCUT2D eigenvalue weighted by Gasteiger charge is -2.23. The van der Waals surface area contributed by atoms with E-state index in [9.17, 15) is 9.59 Å². The normalized spacial score (nSPS) is 15.6. The van der Waals surface area contributed by atoms with Crippen LogP contribution in [0, 0.1) is 0 Å². The average Bonchev–Trinajstić information content (AvgIpc) is 3.42. The lowest BCUT2D eigenvalue weighted by Crippen LogP contribution is -2.16. The van der Waals surface area contributed by atoms with E-state index < -0.39 is 0 Å². The Morgan fingerprint density at radius 1 is 1.17 bits per heavy atom. The minimum atomic E-state index is -0.155. The van der Waals surface area contributed by atoms with Gasteiger partial charge < -0.3 is 9.40 Å². The zero-order valence-corrected chi connectivity index (χ0v) is 16.6. The molecule has 1 aliphatic rings. The number of aromatic nitrogens is 5. The maximum atomic E-state index is 13.1. The van der Waals surface area contributed by atoms with Crippen molar-refractivity contribution >= 4 is 33.1 Å². The molecule has 8 heteroatoms. The lowest BCUT2D eigenvalue weighted by molar-refractivity contribution is 0.335. The molecular formula is C22H21N5O3. The molecule has 4 heterocycles. The average molecular weight is 403 g/mol. The van der Waals surface area contributed by atoms with Gasteiger partial charge in [-0.3, -0.25) is 24.1 Å². The van der Waals surface area contributed by atoms with Crippen LogP contribution in [0.15, 0.2) is 44.6 Å². The Hall–Kier alpha value is -3.55. The fourth-order valence-corrected chi connectivity index (χ4v) is 4.85. The van der Waals surface area contributed by atoms with E-state index in [-0.39, 0.29) is 17.0 Å². The van der Waals surface area contributed by atoms with Crippen molar-refractivity contribution in [1.82, 2.24) is 24.5 Å². The summed E-state index contributed by atoms with van der Waals surface area (Å²) in [5.41, 5.74) is 3.83. The number of nitrogens with one attached hydrogen (secondary N) is 2. The highest BCUT2D eigenvalue weighted by atomic mass is 16.3. The summed E-state index contributed by atoms with van der Waals surface area (Å²) in [5.74, 6) is 0. The Morgan fingerprint density at radius 2 is 2.00 bits per heavy atom. The molecule has 152 valence electrons. The van der Waals surface area contributed by atoms with Crippen LogP contribution >= 0.6 is 0 Å².